The Morgan fingerprint density at radius 1 is 0.833 bits per heavy atom. The predicted octanol–water partition coefficient (Wildman–Crippen LogP) is 5.56. The molecular weight excluding hydrogens is 394 g/mol. The molecule has 3 aromatic carbocycles. The third-order valence-electron chi connectivity index (χ3n) is 5.44. The summed E-state index contributed by atoms with van der Waals surface area (Å²) in [5, 5.41) is 4.09. The van der Waals surface area contributed by atoms with E-state index in [4.69, 9.17) is 4.42 Å². The molecular formula is C24H15N3O2S. The zero-order chi connectivity index (χ0) is 20.2. The molecule has 6 aromatic rings. The van der Waals surface area contributed by atoms with Crippen molar-refractivity contribution in [3.05, 3.63) is 83.4 Å². The fraction of sp³-hybridized carbons (Fsp3) is 0.0417. The van der Waals surface area contributed by atoms with Crippen molar-refractivity contribution in [2.24, 2.45) is 0 Å². The minimum atomic E-state index is -0.0963. The van der Waals surface area contributed by atoms with Crippen LogP contribution in [0.15, 0.2) is 87.3 Å². The number of furan rings is 1. The molecule has 144 valence electrons. The maximum Gasteiger partial charge on any atom is 0.263 e. The first-order chi connectivity index (χ1) is 14.8. The van der Waals surface area contributed by atoms with E-state index in [-0.39, 0.29) is 5.56 Å². The second kappa shape index (κ2) is 6.43. The highest BCUT2D eigenvalue weighted by Gasteiger charge is 2.20. The van der Waals surface area contributed by atoms with Crippen LogP contribution in [0.5, 0.6) is 0 Å². The Morgan fingerprint density at radius 3 is 2.40 bits per heavy atom. The molecule has 0 N–H and O–H groups in total. The summed E-state index contributed by atoms with van der Waals surface area (Å²) >= 11 is 1.50. The maximum absolute atomic E-state index is 13.8. The standard InChI is InChI=1S/C24H15N3O2S/c1-30-23-22-21(25-13-26-23)14-7-2-3-8-15(14)24(28)27(22)17-10-6-12-19-20(17)16-9-4-5-11-18(16)29-19/h2-13H,1H3. The van der Waals surface area contributed by atoms with Gasteiger partial charge in [0.05, 0.1) is 16.6 Å². The van der Waals surface area contributed by atoms with E-state index in [1.54, 1.807) is 10.9 Å². The Hall–Kier alpha value is -3.64. The van der Waals surface area contributed by atoms with Crippen LogP contribution in [0.25, 0.3) is 49.4 Å². The van der Waals surface area contributed by atoms with Crippen LogP contribution in [0.3, 0.4) is 0 Å². The van der Waals surface area contributed by atoms with Gasteiger partial charge >= 0.3 is 0 Å². The first-order valence-corrected chi connectivity index (χ1v) is 10.7. The molecule has 0 aliphatic rings. The van der Waals surface area contributed by atoms with E-state index in [1.165, 1.54) is 11.8 Å². The molecule has 3 heterocycles. The third kappa shape index (κ3) is 2.28. The number of pyridine rings is 1. The summed E-state index contributed by atoms with van der Waals surface area (Å²) in [7, 11) is 0. The second-order valence-electron chi connectivity index (χ2n) is 7.01. The highest BCUT2D eigenvalue weighted by atomic mass is 32.2. The van der Waals surface area contributed by atoms with Crippen molar-refractivity contribution in [1.29, 1.82) is 0 Å². The number of fused-ring (bicyclic) bond motifs is 6. The zero-order valence-electron chi connectivity index (χ0n) is 16.0. The highest BCUT2D eigenvalue weighted by molar-refractivity contribution is 7.98. The van der Waals surface area contributed by atoms with Gasteiger partial charge in [-0.15, -0.1) is 11.8 Å². The van der Waals surface area contributed by atoms with E-state index in [2.05, 4.69) is 9.97 Å². The van der Waals surface area contributed by atoms with E-state index in [0.717, 1.165) is 43.6 Å². The van der Waals surface area contributed by atoms with Crippen molar-refractivity contribution in [1.82, 2.24) is 14.5 Å². The fourth-order valence-corrected chi connectivity index (χ4v) is 4.71. The quantitative estimate of drug-likeness (QED) is 0.213. The summed E-state index contributed by atoms with van der Waals surface area (Å²) in [4.78, 5) is 22.8. The lowest BCUT2D eigenvalue weighted by atomic mass is 10.1. The van der Waals surface area contributed by atoms with E-state index < -0.39 is 0 Å². The van der Waals surface area contributed by atoms with Gasteiger partial charge in [-0.25, -0.2) is 9.97 Å². The number of thioether (sulfide) groups is 1. The van der Waals surface area contributed by atoms with Crippen LogP contribution in [-0.4, -0.2) is 20.8 Å². The zero-order valence-corrected chi connectivity index (χ0v) is 16.8. The van der Waals surface area contributed by atoms with Gasteiger partial charge in [-0.05, 0) is 30.5 Å². The minimum absolute atomic E-state index is 0.0963. The molecule has 0 bridgehead atoms. The van der Waals surface area contributed by atoms with Gasteiger partial charge in [-0.3, -0.25) is 9.36 Å². The van der Waals surface area contributed by atoms with Crippen LogP contribution in [-0.2, 0) is 0 Å². The molecule has 0 aliphatic heterocycles. The summed E-state index contributed by atoms with van der Waals surface area (Å²) < 4.78 is 7.80. The summed E-state index contributed by atoms with van der Waals surface area (Å²) in [6.45, 7) is 0. The average Bonchev–Trinajstić information content (AvgIpc) is 3.18. The largest absolute Gasteiger partial charge is 0.456 e. The monoisotopic (exact) mass is 409 g/mol. The van der Waals surface area contributed by atoms with Crippen LogP contribution in [0.2, 0.25) is 0 Å². The van der Waals surface area contributed by atoms with E-state index >= 15 is 0 Å². The molecule has 6 heteroatoms. The van der Waals surface area contributed by atoms with Crippen LogP contribution in [0.4, 0.5) is 0 Å². The number of para-hydroxylation sites is 1. The van der Waals surface area contributed by atoms with Crippen LogP contribution >= 0.6 is 11.8 Å². The summed E-state index contributed by atoms with van der Waals surface area (Å²) in [6, 6.07) is 21.3. The smallest absolute Gasteiger partial charge is 0.263 e. The van der Waals surface area contributed by atoms with Crippen LogP contribution in [0, 0.1) is 0 Å². The number of nitrogens with zero attached hydrogens (tertiary/aromatic N) is 3. The molecule has 30 heavy (non-hydrogen) atoms. The molecule has 0 spiro atoms. The predicted molar refractivity (Wildman–Crippen MR) is 122 cm³/mol. The van der Waals surface area contributed by atoms with Gasteiger partial charge in [0.15, 0.2) is 0 Å². The normalized spacial score (nSPS) is 11.8. The number of aromatic nitrogens is 3. The van der Waals surface area contributed by atoms with Crippen molar-refractivity contribution in [2.75, 3.05) is 6.26 Å². The molecule has 0 atom stereocenters. The van der Waals surface area contributed by atoms with Crippen molar-refractivity contribution in [2.45, 2.75) is 5.03 Å². The molecule has 0 aliphatic carbocycles. The SMILES string of the molecule is CSc1ncnc2c3ccccc3c(=O)n(-c3cccc4oc5ccccc5c34)c12. The van der Waals surface area contributed by atoms with Crippen molar-refractivity contribution in [3.63, 3.8) is 0 Å². The van der Waals surface area contributed by atoms with Gasteiger partial charge in [0.1, 0.15) is 28.0 Å². The minimum Gasteiger partial charge on any atom is -0.456 e. The average molecular weight is 409 g/mol. The number of hydrogen-bond acceptors (Lipinski definition) is 5. The summed E-state index contributed by atoms with van der Waals surface area (Å²) in [6.07, 6.45) is 3.52. The molecule has 0 saturated carbocycles. The van der Waals surface area contributed by atoms with Crippen molar-refractivity contribution in [3.8, 4) is 5.69 Å². The summed E-state index contributed by atoms with van der Waals surface area (Å²) in [5.41, 5.74) is 3.68. The third-order valence-corrected chi connectivity index (χ3v) is 6.13. The lowest BCUT2D eigenvalue weighted by Crippen LogP contribution is -2.20. The number of benzene rings is 3. The Bertz CT molecular complexity index is 1670. The van der Waals surface area contributed by atoms with Gasteiger partial charge in [-0.2, -0.15) is 0 Å². The first-order valence-electron chi connectivity index (χ1n) is 9.51. The van der Waals surface area contributed by atoms with Gasteiger partial charge in [0.2, 0.25) is 0 Å². The lowest BCUT2D eigenvalue weighted by Gasteiger charge is -2.15. The maximum atomic E-state index is 13.8. The molecule has 5 nitrogen and oxygen atoms in total. The highest BCUT2D eigenvalue weighted by Crippen LogP contribution is 2.35. The van der Waals surface area contributed by atoms with Gasteiger partial charge in [0, 0.05) is 16.2 Å². The van der Waals surface area contributed by atoms with Gasteiger partial charge < -0.3 is 4.42 Å². The van der Waals surface area contributed by atoms with E-state index in [1.807, 2.05) is 73.0 Å². The number of rotatable bonds is 2. The van der Waals surface area contributed by atoms with Crippen molar-refractivity contribution >= 4 is 55.5 Å². The molecule has 0 saturated heterocycles. The topological polar surface area (TPSA) is 60.9 Å². The van der Waals surface area contributed by atoms with Gasteiger partial charge in [-0.1, -0.05) is 42.5 Å². The Labute approximate surface area is 175 Å². The molecule has 0 radical (unpaired) electrons. The summed E-state index contributed by atoms with van der Waals surface area (Å²) in [5.74, 6) is 0. The Kier molecular flexibility index (Phi) is 3.70. The lowest BCUT2D eigenvalue weighted by molar-refractivity contribution is 0.669. The second-order valence-corrected chi connectivity index (χ2v) is 7.81. The van der Waals surface area contributed by atoms with Crippen LogP contribution in [0.1, 0.15) is 0 Å². The van der Waals surface area contributed by atoms with Crippen LogP contribution < -0.4 is 5.56 Å². The first kappa shape index (κ1) is 17.2. The Balaban J connectivity index is 1.91. The number of hydrogen-bond donors (Lipinski definition) is 0. The molecule has 0 fully saturated rings. The van der Waals surface area contributed by atoms with Crippen molar-refractivity contribution < 1.29 is 4.42 Å². The molecule has 0 unspecified atom stereocenters. The van der Waals surface area contributed by atoms with Gasteiger partial charge in [0.25, 0.3) is 5.56 Å². The fourth-order valence-electron chi connectivity index (χ4n) is 4.18. The molecule has 3 aromatic heterocycles. The molecule has 0 amide bonds. The van der Waals surface area contributed by atoms with E-state index in [9.17, 15) is 4.79 Å². The van der Waals surface area contributed by atoms with E-state index in [0.29, 0.717) is 10.9 Å². The Morgan fingerprint density at radius 2 is 1.57 bits per heavy atom. The molecule has 6 rings (SSSR count).